The Kier molecular flexibility index (Phi) is 3.55. The van der Waals surface area contributed by atoms with Gasteiger partial charge in [0.15, 0.2) is 5.82 Å². The van der Waals surface area contributed by atoms with Gasteiger partial charge in [-0.2, -0.15) is 4.98 Å². The Morgan fingerprint density at radius 2 is 2.43 bits per heavy atom. The molecule has 1 atom stereocenters. The predicted octanol–water partition coefficient (Wildman–Crippen LogP) is -1.72. The van der Waals surface area contributed by atoms with Gasteiger partial charge in [-0.25, -0.2) is 0 Å². The summed E-state index contributed by atoms with van der Waals surface area (Å²) in [6, 6.07) is -0.695. The minimum absolute atomic E-state index is 0.288. The molecule has 78 valence electrons. The smallest absolute Gasteiger partial charge is 0.240 e. The number of nitrogens with two attached hydrogens (primary N) is 2. The molecule has 14 heavy (non-hydrogen) atoms. The summed E-state index contributed by atoms with van der Waals surface area (Å²) >= 11 is 0. The minimum Gasteiger partial charge on any atom is -0.368 e. The summed E-state index contributed by atoms with van der Waals surface area (Å²) in [5.74, 6) is 0.486. The van der Waals surface area contributed by atoms with Gasteiger partial charge in [-0.3, -0.25) is 4.79 Å². The van der Waals surface area contributed by atoms with E-state index in [1.807, 2.05) is 0 Å². The Balaban J connectivity index is 2.25. The molecule has 7 nitrogen and oxygen atoms in total. The lowest BCUT2D eigenvalue weighted by atomic mass is 10.3. The highest BCUT2D eigenvalue weighted by Gasteiger charge is 2.09. The van der Waals surface area contributed by atoms with Crippen molar-refractivity contribution in [1.29, 1.82) is 0 Å². The van der Waals surface area contributed by atoms with Crippen LogP contribution in [0.4, 0.5) is 0 Å². The normalized spacial score (nSPS) is 12.7. The number of rotatable bonds is 5. The molecule has 1 rings (SSSR count). The van der Waals surface area contributed by atoms with E-state index in [0.29, 0.717) is 18.3 Å². The second-order valence-electron chi connectivity index (χ2n) is 2.88. The molecule has 1 heterocycles. The molecule has 0 spiro atoms. The molecule has 0 aliphatic rings. The Hall–Kier alpha value is -1.47. The lowest BCUT2D eigenvalue weighted by Crippen LogP contribution is -2.44. The zero-order valence-corrected chi connectivity index (χ0v) is 7.86. The zero-order chi connectivity index (χ0) is 10.6. The van der Waals surface area contributed by atoms with E-state index in [1.54, 1.807) is 6.92 Å². The summed E-state index contributed by atoms with van der Waals surface area (Å²) in [6.45, 7) is 2.39. The summed E-state index contributed by atoms with van der Waals surface area (Å²) in [4.78, 5) is 14.5. The van der Waals surface area contributed by atoms with Crippen LogP contribution in [0.5, 0.6) is 0 Å². The Labute approximate surface area is 80.8 Å². The molecular weight excluding hydrogens is 186 g/mol. The lowest BCUT2D eigenvalue weighted by Gasteiger charge is -2.06. The summed E-state index contributed by atoms with van der Waals surface area (Å²) in [6.07, 6.45) is 0. The van der Waals surface area contributed by atoms with Crippen LogP contribution in [0.2, 0.25) is 0 Å². The maximum absolute atomic E-state index is 10.6. The van der Waals surface area contributed by atoms with E-state index in [-0.39, 0.29) is 6.54 Å². The molecule has 0 radical (unpaired) electrons. The quantitative estimate of drug-likeness (QED) is 0.518. The molecule has 1 aromatic rings. The molecule has 1 aromatic heterocycles. The standard InChI is InChI=1S/C7H13N5O2/c1-4-11-6(14-12-4)3-10-2-5(8)7(9)13/h5,10H,2-3,8H2,1H3,(H2,9,13). The Bertz CT molecular complexity index is 311. The maximum Gasteiger partial charge on any atom is 0.240 e. The Morgan fingerprint density at radius 1 is 1.71 bits per heavy atom. The summed E-state index contributed by atoms with van der Waals surface area (Å²) in [5.41, 5.74) is 10.3. The van der Waals surface area contributed by atoms with Gasteiger partial charge in [0.25, 0.3) is 0 Å². The van der Waals surface area contributed by atoms with Crippen LogP contribution >= 0.6 is 0 Å². The van der Waals surface area contributed by atoms with Gasteiger partial charge in [0, 0.05) is 6.54 Å². The second kappa shape index (κ2) is 4.68. The predicted molar refractivity (Wildman–Crippen MR) is 47.9 cm³/mol. The van der Waals surface area contributed by atoms with Gasteiger partial charge < -0.3 is 21.3 Å². The van der Waals surface area contributed by atoms with E-state index in [4.69, 9.17) is 16.0 Å². The highest BCUT2D eigenvalue weighted by atomic mass is 16.5. The third kappa shape index (κ3) is 3.11. The van der Waals surface area contributed by atoms with Gasteiger partial charge in [-0.1, -0.05) is 5.16 Å². The van der Waals surface area contributed by atoms with E-state index in [2.05, 4.69) is 15.5 Å². The minimum atomic E-state index is -0.695. The van der Waals surface area contributed by atoms with E-state index < -0.39 is 11.9 Å². The molecule has 0 aliphatic carbocycles. The number of aromatic nitrogens is 2. The fraction of sp³-hybridized carbons (Fsp3) is 0.571. The molecule has 0 aromatic carbocycles. The van der Waals surface area contributed by atoms with E-state index in [9.17, 15) is 4.79 Å². The van der Waals surface area contributed by atoms with Crippen LogP contribution < -0.4 is 16.8 Å². The van der Waals surface area contributed by atoms with Crippen LogP contribution in [0.25, 0.3) is 0 Å². The van der Waals surface area contributed by atoms with Crippen molar-refractivity contribution in [2.45, 2.75) is 19.5 Å². The second-order valence-corrected chi connectivity index (χ2v) is 2.88. The van der Waals surface area contributed by atoms with Crippen molar-refractivity contribution in [2.24, 2.45) is 11.5 Å². The first-order valence-corrected chi connectivity index (χ1v) is 4.14. The highest BCUT2D eigenvalue weighted by Crippen LogP contribution is 1.94. The van der Waals surface area contributed by atoms with Gasteiger partial charge >= 0.3 is 0 Å². The third-order valence-electron chi connectivity index (χ3n) is 1.58. The largest absolute Gasteiger partial charge is 0.368 e. The van der Waals surface area contributed by atoms with Gasteiger partial charge in [0.1, 0.15) is 0 Å². The SMILES string of the molecule is Cc1noc(CNCC(N)C(N)=O)n1. The van der Waals surface area contributed by atoms with Gasteiger partial charge in [-0.05, 0) is 6.92 Å². The first kappa shape index (κ1) is 10.6. The van der Waals surface area contributed by atoms with Crippen LogP contribution in [0.1, 0.15) is 11.7 Å². The van der Waals surface area contributed by atoms with Gasteiger partial charge in [0.2, 0.25) is 11.8 Å². The summed E-state index contributed by atoms with van der Waals surface area (Å²) in [7, 11) is 0. The van der Waals surface area contributed by atoms with Crippen molar-refractivity contribution in [2.75, 3.05) is 6.54 Å². The van der Waals surface area contributed by atoms with E-state index in [1.165, 1.54) is 0 Å². The Morgan fingerprint density at radius 3 is 2.93 bits per heavy atom. The maximum atomic E-state index is 10.6. The zero-order valence-electron chi connectivity index (χ0n) is 7.86. The summed E-state index contributed by atoms with van der Waals surface area (Å²) < 4.78 is 4.83. The van der Waals surface area contributed by atoms with Crippen LogP contribution in [-0.2, 0) is 11.3 Å². The molecule has 0 aliphatic heterocycles. The molecule has 5 N–H and O–H groups in total. The van der Waals surface area contributed by atoms with E-state index >= 15 is 0 Å². The fourth-order valence-electron chi connectivity index (χ4n) is 0.847. The number of nitrogens with one attached hydrogen (secondary N) is 1. The topological polar surface area (TPSA) is 120 Å². The van der Waals surface area contributed by atoms with Crippen LogP contribution in [-0.4, -0.2) is 28.6 Å². The van der Waals surface area contributed by atoms with Gasteiger partial charge in [0.05, 0.1) is 12.6 Å². The van der Waals surface area contributed by atoms with Crippen molar-refractivity contribution >= 4 is 5.91 Å². The lowest BCUT2D eigenvalue weighted by molar-refractivity contribution is -0.119. The monoisotopic (exact) mass is 199 g/mol. The number of carbonyl (C=O) groups excluding carboxylic acids is 1. The fourth-order valence-corrected chi connectivity index (χ4v) is 0.847. The van der Waals surface area contributed by atoms with Crippen molar-refractivity contribution in [1.82, 2.24) is 15.5 Å². The van der Waals surface area contributed by atoms with Crippen molar-refractivity contribution in [3.8, 4) is 0 Å². The first-order valence-electron chi connectivity index (χ1n) is 4.14. The van der Waals surface area contributed by atoms with Crippen LogP contribution in [0, 0.1) is 6.92 Å². The number of primary amides is 1. The molecular formula is C7H13N5O2. The van der Waals surface area contributed by atoms with Gasteiger partial charge in [-0.15, -0.1) is 0 Å². The average molecular weight is 199 g/mol. The molecule has 0 fully saturated rings. The highest BCUT2D eigenvalue weighted by molar-refractivity contribution is 5.79. The average Bonchev–Trinajstić information content (AvgIpc) is 2.51. The van der Waals surface area contributed by atoms with Crippen molar-refractivity contribution in [3.05, 3.63) is 11.7 Å². The number of nitrogens with zero attached hydrogens (tertiary/aromatic N) is 2. The van der Waals surface area contributed by atoms with Crippen LogP contribution in [0.15, 0.2) is 4.52 Å². The number of carbonyl (C=O) groups is 1. The summed E-state index contributed by atoms with van der Waals surface area (Å²) in [5, 5.41) is 6.47. The molecule has 7 heteroatoms. The number of hydrogen-bond acceptors (Lipinski definition) is 6. The number of hydrogen-bond donors (Lipinski definition) is 3. The van der Waals surface area contributed by atoms with Crippen molar-refractivity contribution < 1.29 is 9.32 Å². The van der Waals surface area contributed by atoms with Crippen LogP contribution in [0.3, 0.4) is 0 Å². The molecule has 1 unspecified atom stereocenters. The van der Waals surface area contributed by atoms with E-state index in [0.717, 1.165) is 0 Å². The number of amides is 1. The number of aryl methyl sites for hydroxylation is 1. The molecule has 0 saturated carbocycles. The first-order chi connectivity index (χ1) is 6.59. The molecule has 0 bridgehead atoms. The third-order valence-corrected chi connectivity index (χ3v) is 1.58. The molecule has 0 saturated heterocycles. The molecule has 1 amide bonds. The van der Waals surface area contributed by atoms with Crippen molar-refractivity contribution in [3.63, 3.8) is 0 Å².